The fraction of sp³-hybridized carbons (Fsp3) is 0.294. The number of thioether (sulfide) groups is 1. The normalized spacial score (nSPS) is 10.4. The number of nitrogens with one attached hydrogen (secondary N) is 1. The second-order valence-corrected chi connectivity index (χ2v) is 5.95. The van der Waals surface area contributed by atoms with E-state index in [2.05, 4.69) is 42.6 Å². The summed E-state index contributed by atoms with van der Waals surface area (Å²) in [6.07, 6.45) is 1.24. The van der Waals surface area contributed by atoms with Crippen LogP contribution in [0.2, 0.25) is 0 Å². The van der Waals surface area contributed by atoms with Gasteiger partial charge in [0.1, 0.15) is 0 Å². The van der Waals surface area contributed by atoms with Crippen LogP contribution >= 0.6 is 11.8 Å². The third-order valence-corrected chi connectivity index (χ3v) is 4.25. The molecule has 0 aromatic heterocycles. The van der Waals surface area contributed by atoms with Crippen LogP contribution in [-0.4, -0.2) is 5.75 Å². The Labute approximate surface area is 125 Å². The summed E-state index contributed by atoms with van der Waals surface area (Å²) in [4.78, 5) is 0. The van der Waals surface area contributed by atoms with E-state index in [1.165, 1.54) is 23.3 Å². The van der Waals surface area contributed by atoms with E-state index in [1.54, 1.807) is 0 Å². The predicted octanol–water partition coefficient (Wildman–Crippen LogP) is 4.52. The topological polar surface area (TPSA) is 38.0 Å². The zero-order chi connectivity index (χ0) is 14.2. The van der Waals surface area contributed by atoms with Crippen molar-refractivity contribution in [2.75, 3.05) is 16.8 Å². The van der Waals surface area contributed by atoms with E-state index in [-0.39, 0.29) is 0 Å². The van der Waals surface area contributed by atoms with Gasteiger partial charge in [-0.05, 0) is 47.6 Å². The molecule has 2 aromatic rings. The number of nitrogen functional groups attached to an aromatic ring is 1. The first-order chi connectivity index (χ1) is 9.78. The lowest BCUT2D eigenvalue weighted by Crippen LogP contribution is -2.00. The third-order valence-electron chi connectivity index (χ3n) is 3.02. The molecule has 0 unspecified atom stereocenters. The maximum atomic E-state index is 5.78. The molecule has 0 aliphatic rings. The maximum absolute atomic E-state index is 5.78. The van der Waals surface area contributed by atoms with E-state index in [9.17, 15) is 0 Å². The minimum absolute atomic E-state index is 0.801. The van der Waals surface area contributed by atoms with Crippen LogP contribution in [0.4, 0.5) is 11.4 Å². The maximum Gasteiger partial charge on any atom is 0.0401 e. The van der Waals surface area contributed by atoms with Gasteiger partial charge in [-0.1, -0.05) is 31.2 Å². The van der Waals surface area contributed by atoms with Crippen LogP contribution in [-0.2, 0) is 12.3 Å². The minimum atomic E-state index is 0.801. The highest BCUT2D eigenvalue weighted by Gasteiger charge is 1.97. The highest BCUT2D eigenvalue weighted by Crippen LogP contribution is 2.17. The van der Waals surface area contributed by atoms with Crippen LogP contribution < -0.4 is 11.1 Å². The van der Waals surface area contributed by atoms with Crippen molar-refractivity contribution in [3.05, 3.63) is 59.7 Å². The van der Waals surface area contributed by atoms with Crippen LogP contribution in [0.5, 0.6) is 0 Å². The summed E-state index contributed by atoms with van der Waals surface area (Å²) in [7, 11) is 0. The minimum Gasteiger partial charge on any atom is -0.399 e. The molecular formula is C17H22N2S. The summed E-state index contributed by atoms with van der Waals surface area (Å²) >= 11 is 1.99. The van der Waals surface area contributed by atoms with Crippen molar-refractivity contribution in [3.8, 4) is 0 Å². The molecule has 0 aliphatic heterocycles. The largest absolute Gasteiger partial charge is 0.399 e. The van der Waals surface area contributed by atoms with E-state index in [4.69, 9.17) is 5.73 Å². The number of hydrogen-bond acceptors (Lipinski definition) is 3. The highest BCUT2D eigenvalue weighted by molar-refractivity contribution is 7.98. The zero-order valence-electron chi connectivity index (χ0n) is 11.9. The first-order valence-corrected chi connectivity index (χ1v) is 8.18. The summed E-state index contributed by atoms with van der Waals surface area (Å²) in [6, 6.07) is 16.7. The molecule has 0 spiro atoms. The lowest BCUT2D eigenvalue weighted by atomic mass is 10.2. The van der Waals surface area contributed by atoms with Gasteiger partial charge in [-0.25, -0.2) is 0 Å². The Kier molecular flexibility index (Phi) is 5.81. The molecule has 0 radical (unpaired) electrons. The third kappa shape index (κ3) is 4.82. The quantitative estimate of drug-likeness (QED) is 0.580. The van der Waals surface area contributed by atoms with Crippen molar-refractivity contribution in [1.82, 2.24) is 0 Å². The number of benzene rings is 2. The molecule has 0 saturated heterocycles. The van der Waals surface area contributed by atoms with E-state index in [0.29, 0.717) is 0 Å². The predicted molar refractivity (Wildman–Crippen MR) is 91.1 cm³/mol. The standard InChI is InChI=1S/C17H22N2S/c1-2-10-20-13-14-6-8-17(9-7-14)19-12-15-4-3-5-16(18)11-15/h3-9,11,19H,2,10,12-13,18H2,1H3. The molecular weight excluding hydrogens is 264 g/mol. The molecule has 0 amide bonds. The van der Waals surface area contributed by atoms with Gasteiger partial charge in [-0.15, -0.1) is 0 Å². The Morgan fingerprint density at radius 3 is 2.55 bits per heavy atom. The zero-order valence-corrected chi connectivity index (χ0v) is 12.7. The Morgan fingerprint density at radius 2 is 1.85 bits per heavy atom. The second kappa shape index (κ2) is 7.85. The van der Waals surface area contributed by atoms with Crippen molar-refractivity contribution in [1.29, 1.82) is 0 Å². The summed E-state index contributed by atoms with van der Waals surface area (Å²) in [5, 5.41) is 3.42. The molecule has 0 heterocycles. The molecule has 0 aliphatic carbocycles. The number of anilines is 2. The van der Waals surface area contributed by atoms with Crippen molar-refractivity contribution < 1.29 is 0 Å². The van der Waals surface area contributed by atoms with Crippen LogP contribution in [0, 0.1) is 0 Å². The average molecular weight is 286 g/mol. The monoisotopic (exact) mass is 286 g/mol. The van der Waals surface area contributed by atoms with Crippen LogP contribution in [0.15, 0.2) is 48.5 Å². The first kappa shape index (κ1) is 14.8. The second-order valence-electron chi connectivity index (χ2n) is 4.85. The van der Waals surface area contributed by atoms with Gasteiger partial charge in [0, 0.05) is 23.7 Å². The Bertz CT molecular complexity index is 523. The van der Waals surface area contributed by atoms with Gasteiger partial charge in [-0.3, -0.25) is 0 Å². The molecule has 3 heteroatoms. The van der Waals surface area contributed by atoms with Gasteiger partial charge in [0.15, 0.2) is 0 Å². The van der Waals surface area contributed by atoms with E-state index in [1.807, 2.05) is 30.0 Å². The van der Waals surface area contributed by atoms with Crippen molar-refractivity contribution in [2.24, 2.45) is 0 Å². The van der Waals surface area contributed by atoms with Gasteiger partial charge < -0.3 is 11.1 Å². The molecule has 106 valence electrons. The Balaban J connectivity index is 1.84. The van der Waals surface area contributed by atoms with Gasteiger partial charge in [0.05, 0.1) is 0 Å². The Morgan fingerprint density at radius 1 is 1.05 bits per heavy atom. The van der Waals surface area contributed by atoms with Crippen LogP contribution in [0.1, 0.15) is 24.5 Å². The SMILES string of the molecule is CCCSCc1ccc(NCc2cccc(N)c2)cc1. The molecule has 0 fully saturated rings. The summed E-state index contributed by atoms with van der Waals surface area (Å²) in [5.74, 6) is 2.33. The van der Waals surface area contributed by atoms with Gasteiger partial charge in [-0.2, -0.15) is 11.8 Å². The highest BCUT2D eigenvalue weighted by atomic mass is 32.2. The van der Waals surface area contributed by atoms with Gasteiger partial charge in [0.25, 0.3) is 0 Å². The fourth-order valence-electron chi connectivity index (χ4n) is 1.96. The molecule has 2 nitrogen and oxygen atoms in total. The summed E-state index contributed by atoms with van der Waals surface area (Å²) in [6.45, 7) is 3.02. The Hall–Kier alpha value is -1.61. The van der Waals surface area contributed by atoms with E-state index < -0.39 is 0 Å². The van der Waals surface area contributed by atoms with Crippen molar-refractivity contribution in [3.63, 3.8) is 0 Å². The number of hydrogen-bond donors (Lipinski definition) is 2. The molecule has 0 bridgehead atoms. The number of rotatable bonds is 7. The summed E-state index contributed by atoms with van der Waals surface area (Å²) in [5.41, 5.74) is 10.3. The van der Waals surface area contributed by atoms with E-state index >= 15 is 0 Å². The fourth-order valence-corrected chi connectivity index (χ4v) is 2.82. The van der Waals surface area contributed by atoms with E-state index in [0.717, 1.165) is 23.7 Å². The smallest absolute Gasteiger partial charge is 0.0401 e. The first-order valence-electron chi connectivity index (χ1n) is 7.03. The van der Waals surface area contributed by atoms with Crippen LogP contribution in [0.25, 0.3) is 0 Å². The van der Waals surface area contributed by atoms with Crippen molar-refractivity contribution in [2.45, 2.75) is 25.6 Å². The molecule has 20 heavy (non-hydrogen) atoms. The lowest BCUT2D eigenvalue weighted by Gasteiger charge is -2.08. The molecule has 3 N–H and O–H groups in total. The molecule has 2 rings (SSSR count). The average Bonchev–Trinajstić information content (AvgIpc) is 2.47. The molecule has 0 atom stereocenters. The molecule has 0 saturated carbocycles. The lowest BCUT2D eigenvalue weighted by molar-refractivity contribution is 1.10. The molecule has 2 aromatic carbocycles. The van der Waals surface area contributed by atoms with Crippen molar-refractivity contribution >= 4 is 23.1 Å². The van der Waals surface area contributed by atoms with Gasteiger partial charge >= 0.3 is 0 Å². The van der Waals surface area contributed by atoms with Gasteiger partial charge in [0.2, 0.25) is 0 Å². The summed E-state index contributed by atoms with van der Waals surface area (Å²) < 4.78 is 0. The number of nitrogens with two attached hydrogens (primary N) is 1. The van der Waals surface area contributed by atoms with Crippen LogP contribution in [0.3, 0.4) is 0 Å².